The Labute approximate surface area is 79.4 Å². The van der Waals surface area contributed by atoms with E-state index in [1.54, 1.807) is 0 Å². The fourth-order valence-electron chi connectivity index (χ4n) is 1.20. The molecule has 0 saturated heterocycles. The van der Waals surface area contributed by atoms with Crippen LogP contribution in [0.5, 0.6) is 0 Å². The largest absolute Gasteiger partial charge is 0.279 e. The molecular weight excluding hydrogens is 253 g/mol. The second kappa shape index (κ2) is 2.58. The summed E-state index contributed by atoms with van der Waals surface area (Å²) in [6.45, 7) is 2.01. The van der Waals surface area contributed by atoms with Crippen LogP contribution in [-0.4, -0.2) is 27.4 Å². The van der Waals surface area contributed by atoms with Gasteiger partial charge in [-0.25, -0.2) is 0 Å². The minimum Gasteiger partial charge on any atom is -0.279 e. The maximum atomic E-state index is 4.45. The summed E-state index contributed by atoms with van der Waals surface area (Å²) in [4.78, 5) is 8.72. The molecule has 58 valence electrons. The van der Waals surface area contributed by atoms with Crippen molar-refractivity contribution in [3.8, 4) is 0 Å². The highest BCUT2D eigenvalue weighted by atomic mass is 127. The zero-order valence-corrected chi connectivity index (χ0v) is 8.26. The molecule has 0 spiro atoms. The SMILES string of the molecule is CC1=NC2C(C=C1)N=CN2I. The number of halogens is 1. The van der Waals surface area contributed by atoms with Crippen molar-refractivity contribution in [2.75, 3.05) is 0 Å². The van der Waals surface area contributed by atoms with E-state index in [1.807, 2.05) is 22.5 Å². The third kappa shape index (κ3) is 1.19. The lowest BCUT2D eigenvalue weighted by Crippen LogP contribution is -2.29. The Kier molecular flexibility index (Phi) is 1.71. The van der Waals surface area contributed by atoms with E-state index in [2.05, 4.69) is 38.9 Å². The number of hydrogen-bond acceptors (Lipinski definition) is 3. The fraction of sp³-hybridized carbons (Fsp3) is 0.429. The Morgan fingerprint density at radius 3 is 3.27 bits per heavy atom. The van der Waals surface area contributed by atoms with Gasteiger partial charge < -0.3 is 0 Å². The molecule has 4 heteroatoms. The van der Waals surface area contributed by atoms with Gasteiger partial charge in [-0.05, 0) is 13.0 Å². The Bertz CT molecular complexity index is 256. The van der Waals surface area contributed by atoms with Gasteiger partial charge in [-0.1, -0.05) is 6.08 Å². The summed E-state index contributed by atoms with van der Waals surface area (Å²) in [5, 5.41) is 0. The lowest BCUT2D eigenvalue weighted by atomic mass is 10.1. The minimum absolute atomic E-state index is 0.209. The molecule has 0 saturated carbocycles. The molecule has 0 amide bonds. The molecule has 0 radical (unpaired) electrons. The van der Waals surface area contributed by atoms with Crippen LogP contribution in [0, 0.1) is 0 Å². The molecular formula is C7H8IN3. The zero-order chi connectivity index (χ0) is 7.84. The van der Waals surface area contributed by atoms with Crippen molar-refractivity contribution in [1.82, 2.24) is 3.11 Å². The molecule has 2 heterocycles. The van der Waals surface area contributed by atoms with E-state index in [4.69, 9.17) is 0 Å². The van der Waals surface area contributed by atoms with Gasteiger partial charge in [-0.3, -0.25) is 13.1 Å². The number of fused-ring (bicyclic) bond motifs is 1. The summed E-state index contributed by atoms with van der Waals surface area (Å²) in [5.41, 5.74) is 1.08. The Hall–Kier alpha value is -0.390. The second-order valence-electron chi connectivity index (χ2n) is 2.64. The summed E-state index contributed by atoms with van der Waals surface area (Å²) in [5.74, 6) is 0. The van der Waals surface area contributed by atoms with Crippen molar-refractivity contribution < 1.29 is 0 Å². The minimum atomic E-state index is 0.209. The summed E-state index contributed by atoms with van der Waals surface area (Å²) in [6, 6.07) is 0.246. The van der Waals surface area contributed by atoms with Crippen LogP contribution in [-0.2, 0) is 0 Å². The van der Waals surface area contributed by atoms with E-state index < -0.39 is 0 Å². The van der Waals surface area contributed by atoms with Gasteiger partial charge in [0.05, 0.1) is 29.2 Å². The molecule has 0 N–H and O–H groups in total. The number of nitrogens with zero attached hydrogens (tertiary/aromatic N) is 3. The third-order valence-electron chi connectivity index (χ3n) is 1.78. The summed E-state index contributed by atoms with van der Waals surface area (Å²) >= 11 is 2.22. The maximum Gasteiger partial charge on any atom is 0.157 e. The first-order chi connectivity index (χ1) is 5.27. The molecule has 0 aromatic rings. The number of rotatable bonds is 0. The lowest BCUT2D eigenvalue weighted by molar-refractivity contribution is 0.519. The van der Waals surface area contributed by atoms with Gasteiger partial charge in [0.15, 0.2) is 6.17 Å². The molecule has 0 fully saturated rings. The Morgan fingerprint density at radius 2 is 2.45 bits per heavy atom. The number of allylic oxidation sites excluding steroid dienone is 1. The van der Waals surface area contributed by atoms with Crippen LogP contribution in [0.3, 0.4) is 0 Å². The number of dihydropyridines is 1. The van der Waals surface area contributed by atoms with Gasteiger partial charge in [-0.2, -0.15) is 0 Å². The highest BCUT2D eigenvalue weighted by Gasteiger charge is 2.28. The summed E-state index contributed by atoms with van der Waals surface area (Å²) in [7, 11) is 0. The highest BCUT2D eigenvalue weighted by molar-refractivity contribution is 14.1. The van der Waals surface area contributed by atoms with Crippen molar-refractivity contribution in [2.45, 2.75) is 19.1 Å². The van der Waals surface area contributed by atoms with Crippen LogP contribution in [0.15, 0.2) is 22.1 Å². The Balaban J connectivity index is 2.27. The van der Waals surface area contributed by atoms with Gasteiger partial charge in [-0.15, -0.1) is 0 Å². The van der Waals surface area contributed by atoms with Crippen LogP contribution in [0.2, 0.25) is 0 Å². The molecule has 11 heavy (non-hydrogen) atoms. The van der Waals surface area contributed by atoms with Crippen LogP contribution >= 0.6 is 22.9 Å². The molecule has 2 unspecified atom stereocenters. The van der Waals surface area contributed by atoms with Crippen LogP contribution in [0.4, 0.5) is 0 Å². The van der Waals surface area contributed by atoms with Gasteiger partial charge in [0.2, 0.25) is 0 Å². The first-order valence-corrected chi connectivity index (χ1v) is 4.44. The van der Waals surface area contributed by atoms with Gasteiger partial charge >= 0.3 is 0 Å². The fourth-order valence-corrected chi connectivity index (χ4v) is 1.80. The predicted molar refractivity (Wildman–Crippen MR) is 54.2 cm³/mol. The first kappa shape index (κ1) is 7.27. The normalized spacial score (nSPS) is 34.0. The van der Waals surface area contributed by atoms with Crippen molar-refractivity contribution in [3.63, 3.8) is 0 Å². The van der Waals surface area contributed by atoms with Gasteiger partial charge in [0, 0.05) is 5.71 Å². The highest BCUT2D eigenvalue weighted by Crippen LogP contribution is 2.22. The lowest BCUT2D eigenvalue weighted by Gasteiger charge is -2.19. The molecule has 2 aliphatic heterocycles. The van der Waals surface area contributed by atoms with Crippen molar-refractivity contribution in [2.24, 2.45) is 9.98 Å². The van der Waals surface area contributed by atoms with E-state index in [1.165, 1.54) is 0 Å². The van der Waals surface area contributed by atoms with E-state index in [9.17, 15) is 0 Å². The quantitative estimate of drug-likeness (QED) is 0.478. The molecule has 0 bridgehead atoms. The summed E-state index contributed by atoms with van der Waals surface area (Å²) in [6.07, 6.45) is 6.17. The topological polar surface area (TPSA) is 28.0 Å². The molecule has 2 aliphatic rings. The summed E-state index contributed by atoms with van der Waals surface area (Å²) < 4.78 is 2.01. The first-order valence-electron chi connectivity index (χ1n) is 3.47. The monoisotopic (exact) mass is 261 g/mol. The van der Waals surface area contributed by atoms with Gasteiger partial charge in [0.1, 0.15) is 6.04 Å². The van der Waals surface area contributed by atoms with Crippen LogP contribution < -0.4 is 0 Å². The van der Waals surface area contributed by atoms with Crippen LogP contribution in [0.25, 0.3) is 0 Å². The van der Waals surface area contributed by atoms with Crippen molar-refractivity contribution in [3.05, 3.63) is 12.2 Å². The van der Waals surface area contributed by atoms with E-state index in [0.717, 1.165) is 5.71 Å². The van der Waals surface area contributed by atoms with Crippen molar-refractivity contribution >= 4 is 34.9 Å². The smallest absolute Gasteiger partial charge is 0.157 e. The number of hydrogen-bond donors (Lipinski definition) is 0. The molecule has 0 aliphatic carbocycles. The molecule has 0 aromatic heterocycles. The maximum absolute atomic E-state index is 4.45. The van der Waals surface area contributed by atoms with E-state index >= 15 is 0 Å². The van der Waals surface area contributed by atoms with E-state index in [-0.39, 0.29) is 12.2 Å². The Morgan fingerprint density at radius 1 is 1.64 bits per heavy atom. The van der Waals surface area contributed by atoms with Gasteiger partial charge in [0.25, 0.3) is 0 Å². The average molecular weight is 261 g/mol. The number of aliphatic imine (C=N–C) groups is 2. The van der Waals surface area contributed by atoms with Crippen LogP contribution in [0.1, 0.15) is 6.92 Å². The zero-order valence-electron chi connectivity index (χ0n) is 6.11. The van der Waals surface area contributed by atoms with Crippen molar-refractivity contribution in [1.29, 1.82) is 0 Å². The second-order valence-corrected chi connectivity index (χ2v) is 3.76. The standard InChI is InChI=1S/C7H8IN3/c1-5-2-3-6-7(10-5)11(8)4-9-6/h2-4,6-7H,1H3. The average Bonchev–Trinajstić information content (AvgIpc) is 2.33. The molecule has 0 aromatic carbocycles. The third-order valence-corrected chi connectivity index (χ3v) is 2.60. The molecule has 2 rings (SSSR count). The molecule has 3 nitrogen and oxygen atoms in total. The molecule has 2 atom stereocenters. The predicted octanol–water partition coefficient (Wildman–Crippen LogP) is 1.41. The van der Waals surface area contributed by atoms with E-state index in [0.29, 0.717) is 0 Å².